The lowest BCUT2D eigenvalue weighted by Gasteiger charge is -2.31. The lowest BCUT2D eigenvalue weighted by molar-refractivity contribution is 0.576. The molecule has 0 spiro atoms. The maximum absolute atomic E-state index is 4.62. The smallest absolute Gasteiger partial charge is 0.241 e. The van der Waals surface area contributed by atoms with E-state index in [0.717, 1.165) is 34.2 Å². The van der Waals surface area contributed by atoms with Crippen molar-refractivity contribution in [3.8, 4) is 5.00 Å². The molecule has 4 heterocycles. The number of hydrogen-bond acceptors (Lipinski definition) is 8. The summed E-state index contributed by atoms with van der Waals surface area (Å²) >= 11 is 5.25. The Balaban J connectivity index is 1.66. The fourth-order valence-electron chi connectivity index (χ4n) is 3.82. The van der Waals surface area contributed by atoms with Crippen LogP contribution in [0, 0.1) is 0 Å². The van der Waals surface area contributed by atoms with Crippen molar-refractivity contribution in [1.29, 1.82) is 0 Å². The summed E-state index contributed by atoms with van der Waals surface area (Å²) in [6.45, 7) is 7.67. The number of amidine groups is 1. The van der Waals surface area contributed by atoms with E-state index < -0.39 is 0 Å². The number of rotatable bonds is 5. The number of thioether (sulfide) groups is 2. The van der Waals surface area contributed by atoms with E-state index in [4.69, 9.17) is 0 Å². The molecule has 0 amide bonds. The van der Waals surface area contributed by atoms with Crippen molar-refractivity contribution in [3.05, 3.63) is 41.3 Å². The van der Waals surface area contributed by atoms with Gasteiger partial charge in [-0.1, -0.05) is 35.7 Å². The highest BCUT2D eigenvalue weighted by molar-refractivity contribution is 8.14. The Morgan fingerprint density at radius 1 is 1.15 bits per heavy atom. The van der Waals surface area contributed by atoms with Crippen molar-refractivity contribution in [2.45, 2.75) is 37.0 Å². The molecule has 1 N–H and O–H groups in total. The molecule has 140 valence electrons. The summed E-state index contributed by atoms with van der Waals surface area (Å²) in [5.41, 5.74) is 6.23. The van der Waals surface area contributed by atoms with Gasteiger partial charge in [0.15, 0.2) is 16.5 Å². The lowest BCUT2D eigenvalue weighted by Crippen LogP contribution is -2.38. The Morgan fingerprint density at radius 3 is 2.81 bits per heavy atom. The summed E-state index contributed by atoms with van der Waals surface area (Å²) < 4.78 is 2.22. The number of fused-ring (bicyclic) bond motifs is 8. The van der Waals surface area contributed by atoms with Crippen LogP contribution in [0.3, 0.4) is 0 Å². The molecule has 1 aliphatic carbocycles. The van der Waals surface area contributed by atoms with Crippen molar-refractivity contribution in [1.82, 2.24) is 20.2 Å². The molecule has 1 atom stereocenters. The minimum Gasteiger partial charge on any atom is -0.280 e. The molecule has 9 heteroatoms. The molecule has 0 fully saturated rings. The molecule has 0 radical (unpaired) electrons. The largest absolute Gasteiger partial charge is 0.280 e. The number of thiophene rings is 1. The van der Waals surface area contributed by atoms with E-state index in [-0.39, 0.29) is 6.17 Å². The average Bonchev–Trinajstić information content (AvgIpc) is 3.38. The summed E-state index contributed by atoms with van der Waals surface area (Å²) in [6, 6.07) is 0. The fourth-order valence-corrected chi connectivity index (χ4v) is 6.67. The molecule has 1 unspecified atom stereocenters. The number of anilines is 1. The first-order valence-electron chi connectivity index (χ1n) is 9.03. The van der Waals surface area contributed by atoms with Gasteiger partial charge in [-0.05, 0) is 31.2 Å². The van der Waals surface area contributed by atoms with Gasteiger partial charge in [0.05, 0.1) is 0 Å². The summed E-state index contributed by atoms with van der Waals surface area (Å²) in [6.07, 6.45) is 8.67. The van der Waals surface area contributed by atoms with Crippen LogP contribution in [-0.2, 0) is 12.8 Å². The number of hydrogen-bond donors (Lipinski definition) is 1. The molecule has 2 aromatic rings. The monoisotopic (exact) mass is 416 g/mol. The SMILES string of the molecule is C=CCSC1=NNC2c3c(sc4c3CCCC4)-n3c(SCC=C)nnc3N12. The van der Waals surface area contributed by atoms with E-state index in [1.54, 1.807) is 23.5 Å². The van der Waals surface area contributed by atoms with Gasteiger partial charge in [0, 0.05) is 21.9 Å². The molecule has 0 saturated carbocycles. The molecule has 0 saturated heterocycles. The Kier molecular flexibility index (Phi) is 4.53. The lowest BCUT2D eigenvalue weighted by atomic mass is 9.94. The maximum Gasteiger partial charge on any atom is 0.241 e. The fraction of sp³-hybridized carbons (Fsp3) is 0.389. The van der Waals surface area contributed by atoms with Crippen LogP contribution in [0.2, 0.25) is 0 Å². The van der Waals surface area contributed by atoms with Crippen LogP contribution in [0.15, 0.2) is 35.6 Å². The van der Waals surface area contributed by atoms with E-state index in [1.807, 2.05) is 23.5 Å². The zero-order valence-electron chi connectivity index (χ0n) is 14.8. The van der Waals surface area contributed by atoms with Crippen LogP contribution < -0.4 is 10.3 Å². The number of aromatic nitrogens is 3. The van der Waals surface area contributed by atoms with Crippen molar-refractivity contribution >= 4 is 46.0 Å². The Labute approximate surface area is 170 Å². The topological polar surface area (TPSA) is 58.3 Å². The second kappa shape index (κ2) is 7.03. The van der Waals surface area contributed by atoms with E-state index >= 15 is 0 Å². The van der Waals surface area contributed by atoms with Crippen LogP contribution in [0.25, 0.3) is 5.00 Å². The summed E-state index contributed by atoms with van der Waals surface area (Å²) in [7, 11) is 0. The highest BCUT2D eigenvalue weighted by atomic mass is 32.2. The zero-order chi connectivity index (χ0) is 18.4. The molecule has 0 aromatic carbocycles. The first-order valence-corrected chi connectivity index (χ1v) is 11.8. The van der Waals surface area contributed by atoms with Gasteiger partial charge in [-0.3, -0.25) is 10.3 Å². The van der Waals surface area contributed by atoms with Crippen LogP contribution in [0.5, 0.6) is 0 Å². The summed E-state index contributed by atoms with van der Waals surface area (Å²) in [4.78, 5) is 3.71. The minimum absolute atomic E-state index is 0.0133. The van der Waals surface area contributed by atoms with Gasteiger partial charge in [0.2, 0.25) is 5.95 Å². The third-order valence-electron chi connectivity index (χ3n) is 4.91. The second-order valence-electron chi connectivity index (χ2n) is 6.54. The normalized spacial score (nSPS) is 19.5. The van der Waals surface area contributed by atoms with Crippen molar-refractivity contribution in [2.24, 2.45) is 5.10 Å². The van der Waals surface area contributed by atoms with Crippen LogP contribution in [0.4, 0.5) is 5.95 Å². The Morgan fingerprint density at radius 2 is 1.96 bits per heavy atom. The van der Waals surface area contributed by atoms with Crippen LogP contribution in [-0.4, -0.2) is 31.4 Å². The first-order chi connectivity index (χ1) is 13.3. The van der Waals surface area contributed by atoms with E-state index in [1.165, 1.54) is 40.3 Å². The number of nitrogens with zero attached hydrogens (tertiary/aromatic N) is 5. The first kappa shape index (κ1) is 17.4. The van der Waals surface area contributed by atoms with E-state index in [9.17, 15) is 0 Å². The van der Waals surface area contributed by atoms with Crippen molar-refractivity contribution in [3.63, 3.8) is 0 Å². The number of aryl methyl sites for hydroxylation is 1. The zero-order valence-corrected chi connectivity index (χ0v) is 17.3. The van der Waals surface area contributed by atoms with E-state index in [0.29, 0.717) is 0 Å². The van der Waals surface area contributed by atoms with Crippen molar-refractivity contribution in [2.75, 3.05) is 16.4 Å². The quantitative estimate of drug-likeness (QED) is 0.585. The van der Waals surface area contributed by atoms with Crippen LogP contribution >= 0.6 is 34.9 Å². The molecular formula is C18H20N6S3. The number of nitrogens with one attached hydrogen (secondary N) is 1. The molecular weight excluding hydrogens is 396 g/mol. The summed E-state index contributed by atoms with van der Waals surface area (Å²) in [5, 5.41) is 16.8. The van der Waals surface area contributed by atoms with Crippen molar-refractivity contribution < 1.29 is 0 Å². The Bertz CT molecular complexity index is 943. The van der Waals surface area contributed by atoms with Gasteiger partial charge in [0.25, 0.3) is 0 Å². The maximum atomic E-state index is 4.62. The predicted octanol–water partition coefficient (Wildman–Crippen LogP) is 4.10. The molecule has 2 aliphatic heterocycles. The second-order valence-corrected chi connectivity index (χ2v) is 9.60. The highest BCUT2D eigenvalue weighted by Gasteiger charge is 2.44. The average molecular weight is 417 g/mol. The third-order valence-corrected chi connectivity index (χ3v) is 8.07. The molecule has 0 bridgehead atoms. The number of hydrazone groups is 1. The van der Waals surface area contributed by atoms with Gasteiger partial charge in [0.1, 0.15) is 5.00 Å². The van der Waals surface area contributed by atoms with Gasteiger partial charge in [-0.25, -0.2) is 4.57 Å². The minimum atomic E-state index is 0.0133. The van der Waals surface area contributed by atoms with Gasteiger partial charge < -0.3 is 0 Å². The van der Waals surface area contributed by atoms with Gasteiger partial charge in [-0.15, -0.1) is 34.7 Å². The van der Waals surface area contributed by atoms with E-state index in [2.05, 4.69) is 43.3 Å². The molecule has 5 rings (SSSR count). The highest BCUT2D eigenvalue weighted by Crippen LogP contribution is 2.49. The molecule has 3 aliphatic rings. The Hall–Kier alpha value is -1.71. The molecule has 6 nitrogen and oxygen atoms in total. The third kappa shape index (κ3) is 2.67. The summed E-state index contributed by atoms with van der Waals surface area (Å²) in [5.74, 6) is 2.47. The standard InChI is InChI=1S/C18H20N6S3/c1-3-9-25-17-21-19-14-13-11-7-5-6-8-12(11)27-15(13)24-16(23(14)17)20-22-18(24)26-10-4-2/h3-4,14,19H,1-2,5-10H2. The van der Waals surface area contributed by atoms with Gasteiger partial charge in [-0.2, -0.15) is 5.10 Å². The predicted molar refractivity (Wildman–Crippen MR) is 115 cm³/mol. The molecule has 2 aromatic heterocycles. The molecule has 27 heavy (non-hydrogen) atoms. The van der Waals surface area contributed by atoms with Gasteiger partial charge >= 0.3 is 0 Å². The van der Waals surface area contributed by atoms with Crippen LogP contribution in [0.1, 0.15) is 35.0 Å².